The average molecular weight is 409 g/mol. The van der Waals surface area contributed by atoms with Crippen molar-refractivity contribution in [2.75, 3.05) is 0 Å². The van der Waals surface area contributed by atoms with Crippen molar-refractivity contribution in [1.82, 2.24) is 0 Å². The van der Waals surface area contributed by atoms with Crippen LogP contribution in [0.25, 0.3) is 43.8 Å². The molecule has 0 heterocycles. The van der Waals surface area contributed by atoms with E-state index in [0.717, 1.165) is 4.47 Å². The van der Waals surface area contributed by atoms with Crippen molar-refractivity contribution in [3.05, 3.63) is 108 Å². The normalized spacial score (nSPS) is 11.1. The number of rotatable bonds is 2. The summed E-state index contributed by atoms with van der Waals surface area (Å²) < 4.78 is 1.13. The maximum Gasteiger partial charge on any atom is 0.0260 e. The van der Waals surface area contributed by atoms with Crippen molar-refractivity contribution in [3.8, 4) is 22.3 Å². The Balaban J connectivity index is 2.06. The second-order valence-electron chi connectivity index (χ2n) is 6.69. The highest BCUT2D eigenvalue weighted by molar-refractivity contribution is 9.10. The summed E-state index contributed by atoms with van der Waals surface area (Å²) in [6.07, 6.45) is 0. The van der Waals surface area contributed by atoms with E-state index in [4.69, 9.17) is 0 Å². The second-order valence-corrected chi connectivity index (χ2v) is 7.54. The van der Waals surface area contributed by atoms with Crippen LogP contribution in [0.2, 0.25) is 0 Å². The minimum absolute atomic E-state index is 1.13. The predicted molar refractivity (Wildman–Crippen MR) is 120 cm³/mol. The Morgan fingerprint density at radius 2 is 0.889 bits per heavy atom. The molecule has 0 bridgehead atoms. The Labute approximate surface area is 167 Å². The van der Waals surface area contributed by atoms with Gasteiger partial charge < -0.3 is 0 Å². The molecule has 27 heavy (non-hydrogen) atoms. The molecular formula is C26H17Br. The molecule has 5 aromatic carbocycles. The third-order valence-corrected chi connectivity index (χ3v) is 5.78. The van der Waals surface area contributed by atoms with Crippen molar-refractivity contribution in [2.45, 2.75) is 0 Å². The second kappa shape index (κ2) is 6.68. The molecule has 0 spiro atoms. The van der Waals surface area contributed by atoms with Gasteiger partial charge in [0.2, 0.25) is 0 Å². The first-order chi connectivity index (χ1) is 13.3. The van der Waals surface area contributed by atoms with E-state index in [1.54, 1.807) is 0 Å². The number of benzene rings is 5. The highest BCUT2D eigenvalue weighted by Gasteiger charge is 2.17. The fourth-order valence-corrected chi connectivity index (χ4v) is 4.57. The van der Waals surface area contributed by atoms with E-state index in [9.17, 15) is 0 Å². The third-order valence-electron chi connectivity index (χ3n) is 5.12. The number of fused-ring (bicyclic) bond motifs is 2. The zero-order chi connectivity index (χ0) is 18.2. The van der Waals surface area contributed by atoms with Crippen LogP contribution >= 0.6 is 15.9 Å². The predicted octanol–water partition coefficient (Wildman–Crippen LogP) is 8.09. The molecule has 0 atom stereocenters. The zero-order valence-electron chi connectivity index (χ0n) is 14.7. The molecule has 0 amide bonds. The van der Waals surface area contributed by atoms with E-state index >= 15 is 0 Å². The van der Waals surface area contributed by atoms with Gasteiger partial charge in [0.1, 0.15) is 0 Å². The van der Waals surface area contributed by atoms with Gasteiger partial charge in [-0.2, -0.15) is 0 Å². The van der Waals surface area contributed by atoms with Crippen LogP contribution in [0.5, 0.6) is 0 Å². The maximum atomic E-state index is 3.84. The van der Waals surface area contributed by atoms with Crippen LogP contribution in [-0.4, -0.2) is 0 Å². The Hall–Kier alpha value is -2.90. The first kappa shape index (κ1) is 16.3. The smallest absolute Gasteiger partial charge is 0.0260 e. The molecule has 0 nitrogen and oxygen atoms in total. The summed E-state index contributed by atoms with van der Waals surface area (Å²) in [5.41, 5.74) is 5.07. The van der Waals surface area contributed by atoms with Crippen molar-refractivity contribution in [1.29, 1.82) is 0 Å². The number of hydrogen-bond acceptors (Lipinski definition) is 0. The molecule has 0 aliphatic carbocycles. The lowest BCUT2D eigenvalue weighted by molar-refractivity contribution is 1.64. The van der Waals surface area contributed by atoms with Gasteiger partial charge in [0, 0.05) is 9.86 Å². The summed E-state index contributed by atoms with van der Waals surface area (Å²) in [4.78, 5) is 0. The van der Waals surface area contributed by atoms with E-state index in [2.05, 4.69) is 119 Å². The monoisotopic (exact) mass is 408 g/mol. The largest absolute Gasteiger partial charge is 0.0622 e. The molecule has 0 unspecified atom stereocenters. The molecule has 0 fully saturated rings. The van der Waals surface area contributed by atoms with Crippen LogP contribution in [0.15, 0.2) is 108 Å². The number of halogens is 1. The van der Waals surface area contributed by atoms with Gasteiger partial charge in [-0.1, -0.05) is 113 Å². The fraction of sp³-hybridized carbons (Fsp3) is 0. The molecule has 0 N–H and O–H groups in total. The Morgan fingerprint density at radius 3 is 1.52 bits per heavy atom. The standard InChI is InChI=1S/C26H17Br/c27-23-17-9-16-22-24(18-10-3-1-4-11-18)20-14-7-8-15-21(20)25(26(22)23)19-12-5-2-6-13-19/h1-17H. The van der Waals surface area contributed by atoms with E-state index in [1.807, 2.05) is 0 Å². The van der Waals surface area contributed by atoms with Crippen molar-refractivity contribution in [2.24, 2.45) is 0 Å². The summed E-state index contributed by atoms with van der Waals surface area (Å²) in [6, 6.07) is 36.6. The molecular weight excluding hydrogens is 392 g/mol. The Bertz CT molecular complexity index is 1260. The van der Waals surface area contributed by atoms with Gasteiger partial charge in [0.05, 0.1) is 0 Å². The van der Waals surface area contributed by atoms with Crippen molar-refractivity contribution in [3.63, 3.8) is 0 Å². The SMILES string of the molecule is Brc1cccc2c(-c3ccccc3)c3ccccc3c(-c3ccccc3)c12. The van der Waals surface area contributed by atoms with Crippen molar-refractivity contribution >= 4 is 37.5 Å². The summed E-state index contributed by atoms with van der Waals surface area (Å²) in [6.45, 7) is 0. The van der Waals surface area contributed by atoms with Gasteiger partial charge in [-0.05, 0) is 44.5 Å². The molecule has 0 aliphatic heterocycles. The highest BCUT2D eigenvalue weighted by Crippen LogP contribution is 2.45. The summed E-state index contributed by atoms with van der Waals surface area (Å²) >= 11 is 3.84. The fourth-order valence-electron chi connectivity index (χ4n) is 4.01. The first-order valence-corrected chi connectivity index (χ1v) is 9.87. The summed E-state index contributed by atoms with van der Waals surface area (Å²) in [5.74, 6) is 0. The topological polar surface area (TPSA) is 0 Å². The van der Waals surface area contributed by atoms with Gasteiger partial charge in [0.15, 0.2) is 0 Å². The van der Waals surface area contributed by atoms with Crippen molar-refractivity contribution < 1.29 is 0 Å². The molecule has 0 radical (unpaired) electrons. The van der Waals surface area contributed by atoms with Crippen LogP contribution in [0.3, 0.4) is 0 Å². The molecule has 0 saturated carbocycles. The lowest BCUT2D eigenvalue weighted by atomic mass is 9.86. The summed E-state index contributed by atoms with van der Waals surface area (Å²) in [5, 5.41) is 5.10. The van der Waals surface area contributed by atoms with Gasteiger partial charge in [-0.25, -0.2) is 0 Å². The molecule has 0 aromatic heterocycles. The molecule has 0 aliphatic rings. The van der Waals surface area contributed by atoms with E-state index in [-0.39, 0.29) is 0 Å². The van der Waals surface area contributed by atoms with E-state index < -0.39 is 0 Å². The average Bonchev–Trinajstić information content (AvgIpc) is 2.73. The molecule has 1 heteroatoms. The van der Waals surface area contributed by atoms with Gasteiger partial charge in [0.25, 0.3) is 0 Å². The van der Waals surface area contributed by atoms with Crippen LogP contribution in [0, 0.1) is 0 Å². The Kier molecular flexibility index (Phi) is 4.03. The van der Waals surface area contributed by atoms with Gasteiger partial charge >= 0.3 is 0 Å². The van der Waals surface area contributed by atoms with Crippen LogP contribution < -0.4 is 0 Å². The quantitative estimate of drug-likeness (QED) is 0.259. The van der Waals surface area contributed by atoms with E-state index in [0.29, 0.717) is 0 Å². The molecule has 5 rings (SSSR count). The lowest BCUT2D eigenvalue weighted by Crippen LogP contribution is -1.91. The minimum atomic E-state index is 1.13. The molecule has 128 valence electrons. The number of hydrogen-bond donors (Lipinski definition) is 0. The molecule has 0 saturated heterocycles. The Morgan fingerprint density at radius 1 is 0.407 bits per heavy atom. The van der Waals surface area contributed by atoms with Crippen LogP contribution in [0.1, 0.15) is 0 Å². The van der Waals surface area contributed by atoms with Gasteiger partial charge in [-0.15, -0.1) is 0 Å². The highest BCUT2D eigenvalue weighted by atomic mass is 79.9. The minimum Gasteiger partial charge on any atom is -0.0622 e. The summed E-state index contributed by atoms with van der Waals surface area (Å²) in [7, 11) is 0. The molecule has 5 aromatic rings. The van der Waals surface area contributed by atoms with Crippen LogP contribution in [-0.2, 0) is 0 Å². The van der Waals surface area contributed by atoms with Crippen LogP contribution in [0.4, 0.5) is 0 Å². The van der Waals surface area contributed by atoms with Gasteiger partial charge in [-0.3, -0.25) is 0 Å². The zero-order valence-corrected chi connectivity index (χ0v) is 16.3. The lowest BCUT2D eigenvalue weighted by Gasteiger charge is -2.18. The maximum absolute atomic E-state index is 3.84. The third kappa shape index (κ3) is 2.67. The van der Waals surface area contributed by atoms with E-state index in [1.165, 1.54) is 43.8 Å². The first-order valence-electron chi connectivity index (χ1n) is 9.08.